The van der Waals surface area contributed by atoms with E-state index in [2.05, 4.69) is 5.32 Å². The molecule has 140 valence electrons. The normalized spacial score (nSPS) is 13.4. The summed E-state index contributed by atoms with van der Waals surface area (Å²) in [5, 5.41) is 3.37. The summed E-state index contributed by atoms with van der Waals surface area (Å²) in [4.78, 5) is 26.2. The van der Waals surface area contributed by atoms with Gasteiger partial charge >= 0.3 is 5.97 Å². The first-order chi connectivity index (χ1) is 13.0. The van der Waals surface area contributed by atoms with Gasteiger partial charge in [-0.2, -0.15) is 0 Å². The van der Waals surface area contributed by atoms with Crippen molar-refractivity contribution < 1.29 is 18.7 Å². The van der Waals surface area contributed by atoms with E-state index in [9.17, 15) is 14.0 Å². The second-order valence-electron chi connectivity index (χ2n) is 5.95. The Kier molecular flexibility index (Phi) is 5.76. The third kappa shape index (κ3) is 4.46. The Morgan fingerprint density at radius 2 is 2.04 bits per heavy atom. The Morgan fingerprint density at radius 3 is 2.78 bits per heavy atom. The molecular formula is C20H18ClFN2O3. The highest BCUT2D eigenvalue weighted by atomic mass is 35.5. The van der Waals surface area contributed by atoms with Gasteiger partial charge in [0, 0.05) is 16.8 Å². The first-order valence-electron chi connectivity index (χ1n) is 8.45. The number of carbonyl (C=O) groups is 2. The average Bonchev–Trinajstić information content (AvgIpc) is 2.74. The van der Waals surface area contributed by atoms with Crippen molar-refractivity contribution in [1.82, 2.24) is 0 Å². The highest BCUT2D eigenvalue weighted by molar-refractivity contribution is 6.31. The maximum atomic E-state index is 13.3. The minimum absolute atomic E-state index is 0.0426. The molecule has 0 spiro atoms. The second kappa shape index (κ2) is 8.22. The predicted molar refractivity (Wildman–Crippen MR) is 102 cm³/mol. The van der Waals surface area contributed by atoms with Crippen LogP contribution >= 0.6 is 11.6 Å². The predicted octanol–water partition coefficient (Wildman–Crippen LogP) is 4.27. The molecule has 0 saturated carbocycles. The number of nitrogens with one attached hydrogen (secondary N) is 1. The van der Waals surface area contributed by atoms with Crippen molar-refractivity contribution in [3.63, 3.8) is 0 Å². The van der Waals surface area contributed by atoms with Gasteiger partial charge in [-0.05, 0) is 36.8 Å². The number of anilines is 2. The van der Waals surface area contributed by atoms with Gasteiger partial charge in [-0.15, -0.1) is 0 Å². The molecule has 0 aromatic heterocycles. The van der Waals surface area contributed by atoms with Gasteiger partial charge in [-0.1, -0.05) is 29.8 Å². The zero-order chi connectivity index (χ0) is 19.4. The molecule has 27 heavy (non-hydrogen) atoms. The molecule has 5 nitrogen and oxygen atoms in total. The van der Waals surface area contributed by atoms with Crippen LogP contribution in [0.1, 0.15) is 18.9 Å². The maximum absolute atomic E-state index is 13.3. The van der Waals surface area contributed by atoms with E-state index in [1.165, 1.54) is 23.1 Å². The van der Waals surface area contributed by atoms with E-state index in [1.807, 2.05) is 18.2 Å². The van der Waals surface area contributed by atoms with Gasteiger partial charge in [0.05, 0.1) is 30.9 Å². The zero-order valence-electron chi connectivity index (χ0n) is 14.7. The number of esters is 1. The summed E-state index contributed by atoms with van der Waals surface area (Å²) >= 11 is 6.13. The number of ether oxygens (including phenoxy) is 1. The van der Waals surface area contributed by atoms with Crippen LogP contribution in [0.5, 0.6) is 0 Å². The molecule has 1 aliphatic rings. The highest BCUT2D eigenvalue weighted by Gasteiger charge is 2.24. The van der Waals surface area contributed by atoms with Crippen molar-refractivity contribution in [3.05, 3.63) is 70.6 Å². The third-order valence-corrected chi connectivity index (χ3v) is 4.39. The van der Waals surface area contributed by atoms with E-state index in [1.54, 1.807) is 19.1 Å². The van der Waals surface area contributed by atoms with Crippen LogP contribution < -0.4 is 10.2 Å². The van der Waals surface area contributed by atoms with Crippen LogP contribution in [0.15, 0.2) is 54.2 Å². The molecule has 0 aliphatic carbocycles. The Morgan fingerprint density at radius 1 is 1.26 bits per heavy atom. The number of hydrogen-bond donors (Lipinski definition) is 1. The van der Waals surface area contributed by atoms with E-state index in [-0.39, 0.29) is 30.5 Å². The summed E-state index contributed by atoms with van der Waals surface area (Å²) in [6.07, 6.45) is 1.33. The topological polar surface area (TPSA) is 58.6 Å². The minimum atomic E-state index is -0.440. The monoisotopic (exact) mass is 388 g/mol. The molecule has 0 atom stereocenters. The van der Waals surface area contributed by atoms with Crippen molar-refractivity contribution in [2.75, 3.05) is 16.8 Å². The van der Waals surface area contributed by atoms with Crippen LogP contribution in [-0.4, -0.2) is 18.5 Å². The lowest BCUT2D eigenvalue weighted by atomic mass is 10.1. The fraction of sp³-hybridized carbons (Fsp3) is 0.200. The summed E-state index contributed by atoms with van der Waals surface area (Å²) in [7, 11) is 0. The van der Waals surface area contributed by atoms with Crippen LogP contribution in [0.25, 0.3) is 0 Å². The lowest BCUT2D eigenvalue weighted by Gasteiger charge is -2.23. The Labute approximate surface area is 161 Å². The molecule has 0 fully saturated rings. The van der Waals surface area contributed by atoms with Crippen LogP contribution in [0, 0.1) is 5.82 Å². The van der Waals surface area contributed by atoms with Crippen molar-refractivity contribution >= 4 is 34.9 Å². The fourth-order valence-electron chi connectivity index (χ4n) is 2.82. The van der Waals surface area contributed by atoms with Gasteiger partial charge in [-0.25, -0.2) is 4.39 Å². The number of halogens is 2. The zero-order valence-corrected chi connectivity index (χ0v) is 15.4. The van der Waals surface area contributed by atoms with Gasteiger partial charge in [0.25, 0.3) is 5.91 Å². The molecule has 7 heteroatoms. The molecule has 1 amide bonds. The quantitative estimate of drug-likeness (QED) is 0.777. The van der Waals surface area contributed by atoms with E-state index < -0.39 is 11.8 Å². The summed E-state index contributed by atoms with van der Waals surface area (Å²) in [5.41, 5.74) is 2.37. The van der Waals surface area contributed by atoms with Gasteiger partial charge in [-0.3, -0.25) is 9.59 Å². The largest absolute Gasteiger partial charge is 0.466 e. The molecule has 0 radical (unpaired) electrons. The highest BCUT2D eigenvalue weighted by Crippen LogP contribution is 2.32. The summed E-state index contributed by atoms with van der Waals surface area (Å²) in [6, 6.07) is 11.3. The van der Waals surface area contributed by atoms with Gasteiger partial charge in [0.2, 0.25) is 0 Å². The lowest BCUT2D eigenvalue weighted by Crippen LogP contribution is -2.28. The number of rotatable bonds is 5. The van der Waals surface area contributed by atoms with Crippen LogP contribution in [0.2, 0.25) is 5.02 Å². The van der Waals surface area contributed by atoms with E-state index >= 15 is 0 Å². The summed E-state index contributed by atoms with van der Waals surface area (Å²) in [6.45, 7) is 2.16. The number of carbonyl (C=O) groups excluding carboxylic acids is 2. The third-order valence-electron chi connectivity index (χ3n) is 4.04. The lowest BCUT2D eigenvalue weighted by molar-refractivity contribution is -0.142. The Balaban J connectivity index is 1.94. The molecule has 1 N–H and O–H groups in total. The van der Waals surface area contributed by atoms with Crippen molar-refractivity contribution in [2.24, 2.45) is 0 Å². The van der Waals surface area contributed by atoms with E-state index in [0.717, 1.165) is 0 Å². The maximum Gasteiger partial charge on any atom is 0.311 e. The number of fused-ring (bicyclic) bond motifs is 1. The molecule has 1 heterocycles. The molecule has 0 saturated heterocycles. The first kappa shape index (κ1) is 18.9. The minimum Gasteiger partial charge on any atom is -0.466 e. The smallest absolute Gasteiger partial charge is 0.311 e. The van der Waals surface area contributed by atoms with Crippen LogP contribution in [0.3, 0.4) is 0 Å². The Hall–Kier alpha value is -2.86. The molecular weight excluding hydrogens is 371 g/mol. The SMILES string of the molecule is CCOC(=O)CC1=CC(=O)N(Cc2ccc(F)cc2Cl)c2ccccc2N1. The molecule has 2 aromatic carbocycles. The van der Waals surface area contributed by atoms with Crippen molar-refractivity contribution in [3.8, 4) is 0 Å². The van der Waals surface area contributed by atoms with Gasteiger partial charge < -0.3 is 15.0 Å². The van der Waals surface area contributed by atoms with Crippen LogP contribution in [0.4, 0.5) is 15.8 Å². The number of nitrogens with zero attached hydrogens (tertiary/aromatic N) is 1. The fourth-order valence-corrected chi connectivity index (χ4v) is 3.04. The molecule has 3 rings (SSSR count). The molecule has 0 bridgehead atoms. The molecule has 0 unspecified atom stereocenters. The van der Waals surface area contributed by atoms with Crippen molar-refractivity contribution in [1.29, 1.82) is 0 Å². The molecule has 2 aromatic rings. The van der Waals surface area contributed by atoms with Gasteiger partial charge in [0.1, 0.15) is 5.82 Å². The average molecular weight is 389 g/mol. The van der Waals surface area contributed by atoms with Gasteiger partial charge in [0.15, 0.2) is 0 Å². The number of amides is 1. The summed E-state index contributed by atoms with van der Waals surface area (Å²) in [5.74, 6) is -1.17. The first-order valence-corrected chi connectivity index (χ1v) is 8.83. The molecule has 1 aliphatic heterocycles. The Bertz CT molecular complexity index is 914. The number of para-hydroxylation sites is 2. The van der Waals surface area contributed by atoms with E-state index in [0.29, 0.717) is 22.6 Å². The summed E-state index contributed by atoms with van der Waals surface area (Å²) < 4.78 is 18.3. The number of benzene rings is 2. The second-order valence-corrected chi connectivity index (χ2v) is 6.36. The number of hydrogen-bond acceptors (Lipinski definition) is 4. The van der Waals surface area contributed by atoms with Crippen molar-refractivity contribution in [2.45, 2.75) is 19.9 Å². The standard InChI is InChI=1S/C20H18ClFN2O3/c1-2-27-20(26)11-15-10-19(25)24(18-6-4-3-5-17(18)23-15)12-13-7-8-14(22)9-16(13)21/h3-10,23H,2,11-12H2,1H3. The van der Waals surface area contributed by atoms with Crippen LogP contribution in [-0.2, 0) is 20.9 Å². The van der Waals surface area contributed by atoms with E-state index in [4.69, 9.17) is 16.3 Å².